The zero-order valence-corrected chi connectivity index (χ0v) is 13.3. The molecule has 0 unspecified atom stereocenters. The van der Waals surface area contributed by atoms with Gasteiger partial charge in [-0.05, 0) is 37.0 Å². The molecule has 6 nitrogen and oxygen atoms in total. The average molecular weight is 313 g/mol. The van der Waals surface area contributed by atoms with Crippen LogP contribution >= 0.6 is 0 Å². The molecule has 1 fully saturated rings. The van der Waals surface area contributed by atoms with Crippen LogP contribution in [0.5, 0.6) is 5.75 Å². The Morgan fingerprint density at radius 2 is 2.05 bits per heavy atom. The molecule has 2 rings (SSSR count). The second-order valence-electron chi connectivity index (χ2n) is 5.48. The number of hydrogen-bond donors (Lipinski definition) is 2. The van der Waals surface area contributed by atoms with E-state index < -0.39 is 10.2 Å². The van der Waals surface area contributed by atoms with Crippen molar-refractivity contribution in [1.29, 1.82) is 0 Å². The highest BCUT2D eigenvalue weighted by Gasteiger charge is 2.26. The van der Waals surface area contributed by atoms with E-state index in [4.69, 9.17) is 10.5 Å². The van der Waals surface area contributed by atoms with Crippen molar-refractivity contribution in [3.63, 3.8) is 0 Å². The molecule has 0 atom stereocenters. The van der Waals surface area contributed by atoms with Gasteiger partial charge in [0, 0.05) is 30.9 Å². The van der Waals surface area contributed by atoms with Gasteiger partial charge in [0.2, 0.25) is 0 Å². The lowest BCUT2D eigenvalue weighted by atomic mass is 10.0. The average Bonchev–Trinajstić information content (AvgIpc) is 2.46. The first kappa shape index (κ1) is 16.1. The first-order valence-electron chi connectivity index (χ1n) is 7.09. The van der Waals surface area contributed by atoms with Gasteiger partial charge in [-0.3, -0.25) is 0 Å². The Labute approximate surface area is 126 Å². The third-order valence-corrected chi connectivity index (χ3v) is 5.39. The summed E-state index contributed by atoms with van der Waals surface area (Å²) in [6, 6.07) is 5.18. The fourth-order valence-corrected chi connectivity index (χ4v) is 3.63. The molecule has 118 valence electrons. The third-order valence-electron chi connectivity index (χ3n) is 3.83. The molecule has 1 aromatic rings. The number of nitrogen functional groups attached to an aromatic ring is 1. The summed E-state index contributed by atoms with van der Waals surface area (Å²) in [4.78, 5) is 0. The maximum Gasteiger partial charge on any atom is 0.279 e. The summed E-state index contributed by atoms with van der Waals surface area (Å²) in [6.45, 7) is 3.47. The largest absolute Gasteiger partial charge is 0.496 e. The van der Waals surface area contributed by atoms with Crippen LogP contribution in [-0.2, 0) is 16.8 Å². The van der Waals surface area contributed by atoms with E-state index in [2.05, 4.69) is 11.6 Å². The van der Waals surface area contributed by atoms with Gasteiger partial charge in [-0.25, -0.2) is 0 Å². The molecule has 0 radical (unpaired) electrons. The molecule has 0 aromatic heterocycles. The highest BCUT2D eigenvalue weighted by Crippen LogP contribution is 2.22. The molecular weight excluding hydrogens is 290 g/mol. The minimum absolute atomic E-state index is 0.169. The zero-order chi connectivity index (χ0) is 15.5. The Hall–Kier alpha value is -1.31. The molecule has 0 aliphatic carbocycles. The lowest BCUT2D eigenvalue weighted by molar-refractivity contribution is 0.285. The monoisotopic (exact) mass is 313 g/mol. The van der Waals surface area contributed by atoms with E-state index in [1.807, 2.05) is 0 Å². The SMILES string of the molecule is COc1ccc(N)cc1CNS(=O)(=O)N1CCC(C)CC1. The van der Waals surface area contributed by atoms with Crippen molar-refractivity contribution >= 4 is 15.9 Å². The van der Waals surface area contributed by atoms with E-state index in [1.54, 1.807) is 25.3 Å². The molecule has 1 aromatic carbocycles. The molecule has 1 aliphatic heterocycles. The summed E-state index contributed by atoms with van der Waals surface area (Å²) < 4.78 is 33.9. The molecule has 3 N–H and O–H groups in total. The molecular formula is C14H23N3O3S. The summed E-state index contributed by atoms with van der Waals surface area (Å²) in [7, 11) is -1.90. The summed E-state index contributed by atoms with van der Waals surface area (Å²) in [6.07, 6.45) is 1.81. The molecule has 1 heterocycles. The van der Waals surface area contributed by atoms with Crippen molar-refractivity contribution in [3.05, 3.63) is 23.8 Å². The van der Waals surface area contributed by atoms with Crippen molar-refractivity contribution in [3.8, 4) is 5.75 Å². The van der Waals surface area contributed by atoms with Crippen molar-refractivity contribution in [2.45, 2.75) is 26.3 Å². The molecule has 0 bridgehead atoms. The van der Waals surface area contributed by atoms with E-state index in [1.165, 1.54) is 4.31 Å². The quantitative estimate of drug-likeness (QED) is 0.804. The van der Waals surface area contributed by atoms with E-state index in [0.717, 1.165) is 18.4 Å². The third kappa shape index (κ3) is 4.09. The predicted octanol–water partition coefficient (Wildman–Crippen LogP) is 1.34. The number of nitrogens with one attached hydrogen (secondary N) is 1. The maximum absolute atomic E-state index is 12.3. The standard InChI is InChI=1S/C14H23N3O3S/c1-11-5-7-17(8-6-11)21(18,19)16-10-12-9-13(15)3-4-14(12)20-2/h3-4,9,11,16H,5-8,10,15H2,1-2H3. The van der Waals surface area contributed by atoms with Gasteiger partial charge in [0.05, 0.1) is 7.11 Å². The van der Waals surface area contributed by atoms with E-state index in [9.17, 15) is 8.42 Å². The minimum Gasteiger partial charge on any atom is -0.496 e. The summed E-state index contributed by atoms with van der Waals surface area (Å²) in [5.74, 6) is 1.21. The molecule has 7 heteroatoms. The van der Waals surface area contributed by atoms with Crippen molar-refractivity contribution in [2.24, 2.45) is 5.92 Å². The van der Waals surface area contributed by atoms with Gasteiger partial charge in [0.1, 0.15) is 5.75 Å². The van der Waals surface area contributed by atoms with E-state index in [-0.39, 0.29) is 6.54 Å². The van der Waals surface area contributed by atoms with Crippen LogP contribution in [0, 0.1) is 5.92 Å². The number of anilines is 1. The van der Waals surface area contributed by atoms with Gasteiger partial charge in [0.25, 0.3) is 10.2 Å². The van der Waals surface area contributed by atoms with Crippen molar-refractivity contribution < 1.29 is 13.2 Å². The van der Waals surface area contributed by atoms with Crippen LogP contribution in [-0.4, -0.2) is 32.9 Å². The Bertz CT molecular complexity index is 581. The number of nitrogens with two attached hydrogens (primary N) is 1. The highest BCUT2D eigenvalue weighted by atomic mass is 32.2. The fraction of sp³-hybridized carbons (Fsp3) is 0.571. The number of methoxy groups -OCH3 is 1. The predicted molar refractivity (Wildman–Crippen MR) is 83.1 cm³/mol. The minimum atomic E-state index is -3.46. The molecule has 0 saturated carbocycles. The molecule has 1 aliphatic rings. The fourth-order valence-electron chi connectivity index (χ4n) is 2.42. The molecule has 0 spiro atoms. The van der Waals surface area contributed by atoms with Crippen molar-refractivity contribution in [1.82, 2.24) is 9.03 Å². The summed E-state index contributed by atoms with van der Waals surface area (Å²) in [5, 5.41) is 0. The van der Waals surface area contributed by atoms with Crippen LogP contribution in [0.1, 0.15) is 25.3 Å². The van der Waals surface area contributed by atoms with Crippen LogP contribution < -0.4 is 15.2 Å². The van der Waals surface area contributed by atoms with Gasteiger partial charge in [-0.2, -0.15) is 17.4 Å². The van der Waals surface area contributed by atoms with Gasteiger partial charge < -0.3 is 10.5 Å². The van der Waals surface area contributed by atoms with Crippen LogP contribution in [0.3, 0.4) is 0 Å². The van der Waals surface area contributed by atoms with Crippen LogP contribution in [0.2, 0.25) is 0 Å². The van der Waals surface area contributed by atoms with Gasteiger partial charge >= 0.3 is 0 Å². The van der Waals surface area contributed by atoms with Gasteiger partial charge in [-0.1, -0.05) is 6.92 Å². The number of piperidine rings is 1. The lowest BCUT2D eigenvalue weighted by Crippen LogP contribution is -2.44. The Balaban J connectivity index is 2.03. The zero-order valence-electron chi connectivity index (χ0n) is 12.5. The summed E-state index contributed by atoms with van der Waals surface area (Å²) in [5.41, 5.74) is 7.04. The molecule has 1 saturated heterocycles. The van der Waals surface area contributed by atoms with E-state index >= 15 is 0 Å². The Morgan fingerprint density at radius 1 is 1.38 bits per heavy atom. The topological polar surface area (TPSA) is 84.7 Å². The maximum atomic E-state index is 12.3. The number of benzene rings is 1. The normalized spacial score (nSPS) is 17.8. The molecule has 0 amide bonds. The van der Waals surface area contributed by atoms with Crippen molar-refractivity contribution in [2.75, 3.05) is 25.9 Å². The Kier molecular flexibility index (Phi) is 5.08. The van der Waals surface area contributed by atoms with Crippen LogP contribution in [0.15, 0.2) is 18.2 Å². The number of hydrogen-bond acceptors (Lipinski definition) is 4. The molecule has 21 heavy (non-hydrogen) atoms. The van der Waals surface area contributed by atoms with Gasteiger partial charge in [-0.15, -0.1) is 0 Å². The highest BCUT2D eigenvalue weighted by molar-refractivity contribution is 7.87. The van der Waals surface area contributed by atoms with Crippen LogP contribution in [0.25, 0.3) is 0 Å². The second-order valence-corrected chi connectivity index (χ2v) is 7.23. The Morgan fingerprint density at radius 3 is 2.67 bits per heavy atom. The van der Waals surface area contributed by atoms with Crippen LogP contribution in [0.4, 0.5) is 5.69 Å². The first-order chi connectivity index (χ1) is 9.92. The number of ether oxygens (including phenoxy) is 1. The van der Waals surface area contributed by atoms with E-state index in [0.29, 0.717) is 30.4 Å². The smallest absolute Gasteiger partial charge is 0.279 e. The first-order valence-corrected chi connectivity index (χ1v) is 8.53. The number of rotatable bonds is 5. The summed E-state index contributed by atoms with van der Waals surface area (Å²) >= 11 is 0. The second kappa shape index (κ2) is 6.64. The van der Waals surface area contributed by atoms with Gasteiger partial charge in [0.15, 0.2) is 0 Å². The lowest BCUT2D eigenvalue weighted by Gasteiger charge is -2.29. The number of nitrogens with zero attached hydrogens (tertiary/aromatic N) is 1.